The summed E-state index contributed by atoms with van der Waals surface area (Å²) in [6, 6.07) is 9.85. The second-order valence-corrected chi connectivity index (χ2v) is 7.80. The number of rotatable bonds is 5. The van der Waals surface area contributed by atoms with Gasteiger partial charge in [-0.3, -0.25) is 4.79 Å². The summed E-state index contributed by atoms with van der Waals surface area (Å²) < 4.78 is 26.0. The van der Waals surface area contributed by atoms with Crippen molar-refractivity contribution in [1.29, 1.82) is 0 Å². The van der Waals surface area contributed by atoms with E-state index in [0.717, 1.165) is 22.6 Å². The quantitative estimate of drug-likeness (QED) is 0.626. The molecule has 2 aromatic heterocycles. The van der Waals surface area contributed by atoms with E-state index in [1.807, 2.05) is 24.0 Å². The molecule has 0 aliphatic carbocycles. The summed E-state index contributed by atoms with van der Waals surface area (Å²) in [5, 5.41) is 8.27. The highest BCUT2D eigenvalue weighted by Gasteiger charge is 2.32. The first-order valence-corrected chi connectivity index (χ1v) is 10.2. The fourth-order valence-electron chi connectivity index (χ4n) is 3.78. The average Bonchev–Trinajstić information content (AvgIpc) is 3.11. The van der Waals surface area contributed by atoms with E-state index in [1.165, 1.54) is 12.1 Å². The Kier molecular flexibility index (Phi) is 5.11. The Morgan fingerprint density at radius 1 is 1.23 bits per heavy atom. The van der Waals surface area contributed by atoms with Crippen molar-refractivity contribution in [3.63, 3.8) is 0 Å². The number of aromatic nitrogens is 4. The van der Waals surface area contributed by atoms with E-state index >= 15 is 0 Å². The average molecular weight is 423 g/mol. The SMILES string of the molecule is Cc1nnn(-c2ccc(F)cc2)c1COc1ccc2c(n1)CCN(C(=O)C1COC1)C2. The zero-order chi connectivity index (χ0) is 21.4. The Hall–Kier alpha value is -3.33. The molecule has 3 aromatic rings. The van der Waals surface area contributed by atoms with Crippen molar-refractivity contribution in [2.24, 2.45) is 5.92 Å². The first kappa shape index (κ1) is 19.6. The van der Waals surface area contributed by atoms with Crippen molar-refractivity contribution >= 4 is 5.91 Å². The number of fused-ring (bicyclic) bond motifs is 1. The minimum atomic E-state index is -0.307. The minimum absolute atomic E-state index is 0.0000710. The zero-order valence-corrected chi connectivity index (χ0v) is 17.1. The number of amides is 1. The highest BCUT2D eigenvalue weighted by Crippen LogP contribution is 2.24. The molecule has 0 saturated carbocycles. The Balaban J connectivity index is 1.28. The van der Waals surface area contributed by atoms with Crippen molar-refractivity contribution in [3.05, 3.63) is 64.9 Å². The van der Waals surface area contributed by atoms with E-state index in [-0.39, 0.29) is 24.2 Å². The third kappa shape index (κ3) is 3.88. The van der Waals surface area contributed by atoms with Gasteiger partial charge in [0.25, 0.3) is 0 Å². The molecule has 2 aliphatic heterocycles. The van der Waals surface area contributed by atoms with Crippen LogP contribution in [-0.2, 0) is 29.1 Å². The van der Waals surface area contributed by atoms with Crippen molar-refractivity contribution in [3.8, 4) is 11.6 Å². The second kappa shape index (κ2) is 8.07. The number of pyridine rings is 1. The summed E-state index contributed by atoms with van der Waals surface area (Å²) in [7, 11) is 0. The molecule has 9 heteroatoms. The Morgan fingerprint density at radius 3 is 2.77 bits per heavy atom. The van der Waals surface area contributed by atoms with Crippen LogP contribution in [0, 0.1) is 18.7 Å². The van der Waals surface area contributed by atoms with Crippen LogP contribution < -0.4 is 4.74 Å². The minimum Gasteiger partial charge on any atom is -0.471 e. The number of carbonyl (C=O) groups is 1. The standard InChI is InChI=1S/C22H22FN5O3/c1-14-20(28(26-25-14)18-5-3-17(23)4-6-18)13-31-21-7-2-15-10-27(9-8-19(15)24-21)22(29)16-11-30-12-16/h2-7,16H,8-13H2,1H3. The van der Waals surface area contributed by atoms with Gasteiger partial charge < -0.3 is 14.4 Å². The lowest BCUT2D eigenvalue weighted by Crippen LogP contribution is -2.46. The topological polar surface area (TPSA) is 82.4 Å². The number of benzene rings is 1. The van der Waals surface area contributed by atoms with Crippen LogP contribution in [0.25, 0.3) is 5.69 Å². The molecule has 4 heterocycles. The molecule has 1 fully saturated rings. The largest absolute Gasteiger partial charge is 0.471 e. The first-order chi connectivity index (χ1) is 15.1. The highest BCUT2D eigenvalue weighted by atomic mass is 19.1. The maximum atomic E-state index is 13.2. The van der Waals surface area contributed by atoms with Gasteiger partial charge in [0.1, 0.15) is 18.1 Å². The smallest absolute Gasteiger partial charge is 0.230 e. The molecule has 5 rings (SSSR count). The maximum Gasteiger partial charge on any atom is 0.230 e. The number of hydrogen-bond acceptors (Lipinski definition) is 6. The van der Waals surface area contributed by atoms with Crippen LogP contribution in [0.3, 0.4) is 0 Å². The van der Waals surface area contributed by atoms with E-state index in [9.17, 15) is 9.18 Å². The summed E-state index contributed by atoms with van der Waals surface area (Å²) in [5.41, 5.74) is 4.21. The van der Waals surface area contributed by atoms with Crippen molar-refractivity contribution in [2.75, 3.05) is 19.8 Å². The van der Waals surface area contributed by atoms with Gasteiger partial charge in [-0.15, -0.1) is 5.10 Å². The molecule has 31 heavy (non-hydrogen) atoms. The van der Waals surface area contributed by atoms with Crippen LogP contribution in [0.1, 0.15) is 22.6 Å². The summed E-state index contributed by atoms with van der Waals surface area (Å²) in [6.07, 6.45) is 0.694. The van der Waals surface area contributed by atoms with Gasteiger partial charge in [-0.2, -0.15) is 0 Å². The molecule has 0 atom stereocenters. The Bertz CT molecular complexity index is 1110. The van der Waals surface area contributed by atoms with Crippen molar-refractivity contribution in [2.45, 2.75) is 26.5 Å². The summed E-state index contributed by atoms with van der Waals surface area (Å²) in [4.78, 5) is 19.0. The summed E-state index contributed by atoms with van der Waals surface area (Å²) >= 11 is 0. The molecule has 0 bridgehead atoms. The van der Waals surface area contributed by atoms with Crippen molar-refractivity contribution in [1.82, 2.24) is 24.9 Å². The fraction of sp³-hybridized carbons (Fsp3) is 0.364. The molecule has 2 aliphatic rings. The highest BCUT2D eigenvalue weighted by molar-refractivity contribution is 5.80. The van der Waals surface area contributed by atoms with Crippen LogP contribution in [0.5, 0.6) is 5.88 Å². The Morgan fingerprint density at radius 2 is 2.03 bits per heavy atom. The monoisotopic (exact) mass is 423 g/mol. The molecule has 0 unspecified atom stereocenters. The number of carbonyl (C=O) groups excluding carboxylic acids is 1. The lowest BCUT2D eigenvalue weighted by molar-refractivity contribution is -0.150. The van der Waals surface area contributed by atoms with Gasteiger partial charge in [-0.05, 0) is 36.8 Å². The zero-order valence-electron chi connectivity index (χ0n) is 17.1. The summed E-state index contributed by atoms with van der Waals surface area (Å²) in [6.45, 7) is 4.35. The van der Waals surface area contributed by atoms with Crippen molar-refractivity contribution < 1.29 is 18.7 Å². The number of ether oxygens (including phenoxy) is 2. The third-order valence-electron chi connectivity index (χ3n) is 5.71. The summed E-state index contributed by atoms with van der Waals surface area (Å²) in [5.74, 6) is 0.365. The molecule has 0 spiro atoms. The van der Waals surface area contributed by atoms with Crippen LogP contribution in [0.15, 0.2) is 36.4 Å². The number of halogens is 1. The third-order valence-corrected chi connectivity index (χ3v) is 5.71. The first-order valence-electron chi connectivity index (χ1n) is 10.2. The molecule has 1 aromatic carbocycles. The maximum absolute atomic E-state index is 13.2. The van der Waals surface area contributed by atoms with E-state index in [4.69, 9.17) is 9.47 Å². The van der Waals surface area contributed by atoms with Crippen LogP contribution in [0.2, 0.25) is 0 Å². The van der Waals surface area contributed by atoms with Gasteiger partial charge in [0, 0.05) is 25.6 Å². The lowest BCUT2D eigenvalue weighted by atomic mass is 10.0. The molecule has 1 amide bonds. The number of nitrogens with zero attached hydrogens (tertiary/aromatic N) is 5. The van der Waals surface area contributed by atoms with Gasteiger partial charge in [0.05, 0.1) is 36.2 Å². The van der Waals surface area contributed by atoms with Gasteiger partial charge in [-0.1, -0.05) is 11.3 Å². The van der Waals surface area contributed by atoms with Gasteiger partial charge in [0.2, 0.25) is 11.8 Å². The predicted octanol–water partition coefficient (Wildman–Crippen LogP) is 2.22. The number of aryl methyl sites for hydroxylation is 1. The molecular weight excluding hydrogens is 401 g/mol. The van der Waals surface area contributed by atoms with E-state index in [2.05, 4.69) is 15.3 Å². The molecule has 8 nitrogen and oxygen atoms in total. The predicted molar refractivity (Wildman–Crippen MR) is 108 cm³/mol. The van der Waals surface area contributed by atoms with Crippen LogP contribution >= 0.6 is 0 Å². The molecule has 160 valence electrons. The molecular formula is C22H22FN5O3. The van der Waals surface area contributed by atoms with E-state index in [0.29, 0.717) is 44.3 Å². The molecule has 0 N–H and O–H groups in total. The van der Waals surface area contributed by atoms with Gasteiger partial charge >= 0.3 is 0 Å². The number of hydrogen-bond donors (Lipinski definition) is 0. The van der Waals surface area contributed by atoms with E-state index < -0.39 is 0 Å². The van der Waals surface area contributed by atoms with Gasteiger partial charge in [-0.25, -0.2) is 14.1 Å². The van der Waals surface area contributed by atoms with Gasteiger partial charge in [0.15, 0.2) is 0 Å². The second-order valence-electron chi connectivity index (χ2n) is 7.80. The molecule has 0 radical (unpaired) electrons. The Labute approximate surface area is 178 Å². The normalized spacial score (nSPS) is 16.0. The fourth-order valence-corrected chi connectivity index (χ4v) is 3.78. The van der Waals surface area contributed by atoms with Crippen LogP contribution in [0.4, 0.5) is 4.39 Å². The molecule has 1 saturated heterocycles. The van der Waals surface area contributed by atoms with E-state index in [1.54, 1.807) is 16.8 Å². The lowest BCUT2D eigenvalue weighted by Gasteiger charge is -2.34. The van der Waals surface area contributed by atoms with Crippen LogP contribution in [-0.4, -0.2) is 50.5 Å².